The summed E-state index contributed by atoms with van der Waals surface area (Å²) >= 11 is 0. The summed E-state index contributed by atoms with van der Waals surface area (Å²) in [5, 5.41) is 10.2. The first-order valence-corrected chi connectivity index (χ1v) is 20.0. The Bertz CT molecular complexity index is 2290. The summed E-state index contributed by atoms with van der Waals surface area (Å²) < 4.78 is 5.72. The SMILES string of the molecule is Cc1cc(N2CCN(CCN3CCN(c4ccc(Nc5ncc6ccc(-c7cnc8c(c7C)NCCO8)cc6n5)cc4)CC3)CC2)ccc1N1CCC(=O)NC1=O. The van der Waals surface area contributed by atoms with Gasteiger partial charge in [0, 0.05) is 131 Å². The zero-order chi connectivity index (χ0) is 38.9. The average molecular weight is 768 g/mol. The zero-order valence-corrected chi connectivity index (χ0v) is 32.6. The molecule has 57 heavy (non-hydrogen) atoms. The van der Waals surface area contributed by atoms with E-state index in [9.17, 15) is 9.59 Å². The van der Waals surface area contributed by atoms with Crippen molar-refractivity contribution in [3.05, 3.63) is 84.2 Å². The number of anilines is 6. The van der Waals surface area contributed by atoms with Gasteiger partial charge in [-0.1, -0.05) is 12.1 Å². The number of hydrogen-bond acceptors (Lipinski definition) is 12. The number of amides is 3. The molecule has 4 aliphatic heterocycles. The van der Waals surface area contributed by atoms with Gasteiger partial charge in [-0.05, 0) is 79.1 Å². The van der Waals surface area contributed by atoms with Crippen LogP contribution < -0.4 is 35.4 Å². The minimum absolute atomic E-state index is 0.212. The first kappa shape index (κ1) is 36.6. The third-order valence-electron chi connectivity index (χ3n) is 11.7. The van der Waals surface area contributed by atoms with Crippen LogP contribution in [0.2, 0.25) is 0 Å². The lowest BCUT2D eigenvalue weighted by molar-refractivity contribution is -0.120. The summed E-state index contributed by atoms with van der Waals surface area (Å²) in [6.07, 6.45) is 4.07. The van der Waals surface area contributed by atoms with Crippen molar-refractivity contribution < 1.29 is 14.3 Å². The summed E-state index contributed by atoms with van der Waals surface area (Å²) in [5.74, 6) is 1.01. The number of nitrogens with zero attached hydrogens (tertiary/aromatic N) is 8. The van der Waals surface area contributed by atoms with E-state index in [2.05, 4.69) is 107 Å². The molecule has 3 saturated heterocycles. The molecule has 6 heterocycles. The Labute approximate surface area is 332 Å². The van der Waals surface area contributed by atoms with Crippen molar-refractivity contribution in [1.29, 1.82) is 0 Å². The van der Waals surface area contributed by atoms with Crippen LogP contribution in [0.15, 0.2) is 73.1 Å². The molecule has 5 aromatic rings. The largest absolute Gasteiger partial charge is 0.474 e. The van der Waals surface area contributed by atoms with E-state index in [-0.39, 0.29) is 11.9 Å². The van der Waals surface area contributed by atoms with Crippen LogP contribution in [0.25, 0.3) is 22.0 Å². The van der Waals surface area contributed by atoms with E-state index in [4.69, 9.17) is 9.72 Å². The fourth-order valence-corrected chi connectivity index (χ4v) is 8.32. The highest BCUT2D eigenvalue weighted by atomic mass is 16.5. The van der Waals surface area contributed by atoms with Crippen LogP contribution in [0.3, 0.4) is 0 Å². The molecule has 14 nitrogen and oxygen atoms in total. The van der Waals surface area contributed by atoms with E-state index in [0.29, 0.717) is 31.4 Å². The molecular formula is C43H49N11O3. The molecular weight excluding hydrogens is 719 g/mol. The van der Waals surface area contributed by atoms with Crippen LogP contribution in [-0.2, 0) is 4.79 Å². The maximum absolute atomic E-state index is 12.4. The van der Waals surface area contributed by atoms with Gasteiger partial charge in [-0.15, -0.1) is 0 Å². The number of nitrogens with one attached hydrogen (secondary N) is 3. The van der Waals surface area contributed by atoms with Gasteiger partial charge in [-0.25, -0.2) is 19.7 Å². The lowest BCUT2D eigenvalue weighted by Gasteiger charge is -2.39. The third-order valence-corrected chi connectivity index (χ3v) is 11.7. The number of pyridine rings is 1. The number of imide groups is 1. The fourth-order valence-electron chi connectivity index (χ4n) is 8.32. The first-order chi connectivity index (χ1) is 27.8. The lowest BCUT2D eigenvalue weighted by Crippen LogP contribution is -2.51. The van der Waals surface area contributed by atoms with Gasteiger partial charge >= 0.3 is 6.03 Å². The van der Waals surface area contributed by atoms with E-state index >= 15 is 0 Å². The number of fused-ring (bicyclic) bond motifs is 2. The Kier molecular flexibility index (Phi) is 10.2. The Morgan fingerprint density at radius 3 is 2.21 bits per heavy atom. The molecule has 0 bridgehead atoms. The molecule has 4 aliphatic rings. The van der Waals surface area contributed by atoms with Crippen LogP contribution >= 0.6 is 0 Å². The molecule has 0 aliphatic carbocycles. The molecule has 0 unspecified atom stereocenters. The molecule has 0 radical (unpaired) electrons. The van der Waals surface area contributed by atoms with Crippen molar-refractivity contribution >= 4 is 57.2 Å². The topological polar surface area (TPSA) is 134 Å². The van der Waals surface area contributed by atoms with Gasteiger partial charge < -0.3 is 25.2 Å². The maximum Gasteiger partial charge on any atom is 0.328 e. The number of aryl methyl sites for hydroxylation is 1. The van der Waals surface area contributed by atoms with Gasteiger partial charge in [-0.3, -0.25) is 24.8 Å². The quantitative estimate of drug-likeness (QED) is 0.181. The van der Waals surface area contributed by atoms with Gasteiger partial charge in [0.1, 0.15) is 12.3 Å². The molecule has 9 rings (SSSR count). The predicted molar refractivity (Wildman–Crippen MR) is 225 cm³/mol. The highest BCUT2D eigenvalue weighted by Crippen LogP contribution is 2.36. The molecule has 3 aromatic carbocycles. The minimum Gasteiger partial charge on any atom is -0.474 e. The highest BCUT2D eigenvalue weighted by molar-refractivity contribution is 6.06. The number of carbonyl (C=O) groups is 2. The van der Waals surface area contributed by atoms with E-state index in [0.717, 1.165) is 122 Å². The number of hydrogen-bond donors (Lipinski definition) is 3. The second kappa shape index (κ2) is 15.9. The number of carbonyl (C=O) groups excluding carboxylic acids is 2. The summed E-state index contributed by atoms with van der Waals surface area (Å²) in [7, 11) is 0. The number of urea groups is 1. The molecule has 3 N–H and O–H groups in total. The fraction of sp³-hybridized carbons (Fsp3) is 0.372. The number of rotatable bonds is 9. The van der Waals surface area contributed by atoms with Gasteiger partial charge in [0.05, 0.1) is 5.52 Å². The van der Waals surface area contributed by atoms with Gasteiger partial charge in [0.2, 0.25) is 17.7 Å². The van der Waals surface area contributed by atoms with Crippen LogP contribution in [0.5, 0.6) is 5.88 Å². The van der Waals surface area contributed by atoms with Crippen molar-refractivity contribution in [2.75, 3.05) is 110 Å². The van der Waals surface area contributed by atoms with Crippen molar-refractivity contribution in [2.45, 2.75) is 20.3 Å². The van der Waals surface area contributed by atoms with E-state index in [1.807, 2.05) is 25.4 Å². The number of piperazine rings is 2. The maximum atomic E-state index is 12.4. The number of benzene rings is 3. The van der Waals surface area contributed by atoms with Crippen LogP contribution in [0.1, 0.15) is 17.5 Å². The smallest absolute Gasteiger partial charge is 0.328 e. The molecule has 0 atom stereocenters. The van der Waals surface area contributed by atoms with Crippen LogP contribution in [-0.4, -0.2) is 122 Å². The lowest BCUT2D eigenvalue weighted by atomic mass is 10.00. The Balaban J connectivity index is 0.734. The second-order valence-corrected chi connectivity index (χ2v) is 15.3. The van der Waals surface area contributed by atoms with E-state index in [1.54, 1.807) is 4.90 Å². The molecule has 2 aromatic heterocycles. The molecule has 3 amide bonds. The minimum atomic E-state index is -0.340. The van der Waals surface area contributed by atoms with Crippen LogP contribution in [0.4, 0.5) is 39.2 Å². The highest BCUT2D eigenvalue weighted by Gasteiger charge is 2.26. The molecule has 294 valence electrons. The summed E-state index contributed by atoms with van der Waals surface area (Å²) in [5.41, 5.74) is 10.3. The summed E-state index contributed by atoms with van der Waals surface area (Å²) in [6.45, 7) is 16.2. The van der Waals surface area contributed by atoms with E-state index < -0.39 is 0 Å². The normalized spacial score (nSPS) is 17.9. The van der Waals surface area contributed by atoms with Crippen molar-refractivity contribution in [3.8, 4) is 17.0 Å². The molecule has 0 spiro atoms. The summed E-state index contributed by atoms with van der Waals surface area (Å²) in [4.78, 5) is 49.7. The molecule has 14 heteroatoms. The summed E-state index contributed by atoms with van der Waals surface area (Å²) in [6, 6.07) is 20.8. The van der Waals surface area contributed by atoms with Crippen molar-refractivity contribution in [3.63, 3.8) is 0 Å². The predicted octanol–water partition coefficient (Wildman–Crippen LogP) is 5.25. The van der Waals surface area contributed by atoms with E-state index in [1.165, 1.54) is 11.4 Å². The second-order valence-electron chi connectivity index (χ2n) is 15.3. The number of ether oxygens (including phenoxy) is 1. The zero-order valence-electron chi connectivity index (χ0n) is 32.6. The average Bonchev–Trinajstić information content (AvgIpc) is 3.24. The Morgan fingerprint density at radius 2 is 1.49 bits per heavy atom. The number of aromatic nitrogens is 3. The monoisotopic (exact) mass is 767 g/mol. The van der Waals surface area contributed by atoms with Crippen molar-refractivity contribution in [1.82, 2.24) is 30.1 Å². The standard InChI is InChI=1S/C43H49N11O3/c1-29-25-35(9-10-38(29)54-13-11-39(55)49-43(54)56)53-22-18-51(19-23-53)15-14-50-16-20-52(21-17-50)34-7-5-33(6-8-34)47-42-46-27-32-4-3-31(26-37(32)48-42)36-28-45-41-40(30(36)2)44-12-24-57-41/h3-10,25-28,44H,11-24H2,1-2H3,(H,46,47,48)(H,49,55,56). The molecule has 3 fully saturated rings. The Hall–Kier alpha value is -5.99. The molecule has 0 saturated carbocycles. The third kappa shape index (κ3) is 7.87. The first-order valence-electron chi connectivity index (χ1n) is 20.0. The Morgan fingerprint density at radius 1 is 0.772 bits per heavy atom. The van der Waals surface area contributed by atoms with Gasteiger partial charge in [-0.2, -0.15) is 0 Å². The van der Waals surface area contributed by atoms with Crippen LogP contribution in [0, 0.1) is 13.8 Å². The van der Waals surface area contributed by atoms with Gasteiger partial charge in [0.15, 0.2) is 0 Å². The van der Waals surface area contributed by atoms with Gasteiger partial charge in [0.25, 0.3) is 0 Å². The van der Waals surface area contributed by atoms with Crippen molar-refractivity contribution in [2.24, 2.45) is 0 Å².